The minimum absolute atomic E-state index is 0.556. The van der Waals surface area contributed by atoms with E-state index in [2.05, 4.69) is 49.7 Å². The maximum atomic E-state index is 5.46. The number of morpholine rings is 1. The van der Waals surface area contributed by atoms with Crippen LogP contribution in [0.5, 0.6) is 0 Å². The second-order valence-electron chi connectivity index (χ2n) is 7.38. The molecule has 1 aliphatic rings. The molecule has 3 heterocycles. The standard InChI is InChI=1S/C23H23N7O/c1-29-16-25-28-22(29)17-5-7-19(8-6-17)26-23-24-10-9-21(27-23)18-3-2-4-20(15-18)30-11-13-31-14-12-30/h2-10,15-16H,11-14H2,1H3,(H,24,26,27). The first kappa shape index (κ1) is 19.2. The van der Waals surface area contributed by atoms with Crippen molar-refractivity contribution < 1.29 is 4.74 Å². The van der Waals surface area contributed by atoms with Crippen LogP contribution >= 0.6 is 0 Å². The Kier molecular flexibility index (Phi) is 5.28. The van der Waals surface area contributed by atoms with E-state index in [1.807, 2.05) is 41.9 Å². The first-order chi connectivity index (χ1) is 15.3. The van der Waals surface area contributed by atoms with Gasteiger partial charge in [-0.3, -0.25) is 0 Å². The predicted octanol–water partition coefficient (Wildman–Crippen LogP) is 3.52. The predicted molar refractivity (Wildman–Crippen MR) is 120 cm³/mol. The number of hydrogen-bond acceptors (Lipinski definition) is 7. The van der Waals surface area contributed by atoms with Crippen molar-refractivity contribution in [3.8, 4) is 22.6 Å². The summed E-state index contributed by atoms with van der Waals surface area (Å²) in [5.41, 5.74) is 5.04. The van der Waals surface area contributed by atoms with Crippen LogP contribution in [0.15, 0.2) is 67.1 Å². The molecular weight excluding hydrogens is 390 g/mol. The number of rotatable bonds is 5. The smallest absolute Gasteiger partial charge is 0.227 e. The van der Waals surface area contributed by atoms with Crippen LogP contribution < -0.4 is 10.2 Å². The van der Waals surface area contributed by atoms with E-state index in [0.717, 1.165) is 54.6 Å². The normalized spacial score (nSPS) is 13.9. The summed E-state index contributed by atoms with van der Waals surface area (Å²) in [5.74, 6) is 1.38. The molecule has 4 aromatic rings. The monoisotopic (exact) mass is 413 g/mol. The van der Waals surface area contributed by atoms with Crippen LogP contribution in [0.4, 0.5) is 17.3 Å². The largest absolute Gasteiger partial charge is 0.378 e. The fraction of sp³-hybridized carbons (Fsp3) is 0.217. The fourth-order valence-corrected chi connectivity index (χ4v) is 3.64. The summed E-state index contributed by atoms with van der Waals surface area (Å²) in [7, 11) is 1.93. The fourth-order valence-electron chi connectivity index (χ4n) is 3.64. The highest BCUT2D eigenvalue weighted by Gasteiger charge is 2.12. The second kappa shape index (κ2) is 8.53. The Morgan fingerprint density at radius 2 is 1.81 bits per heavy atom. The zero-order valence-electron chi connectivity index (χ0n) is 17.3. The third-order valence-electron chi connectivity index (χ3n) is 5.28. The van der Waals surface area contributed by atoms with E-state index in [-0.39, 0.29) is 0 Å². The molecule has 2 aromatic heterocycles. The minimum atomic E-state index is 0.556. The molecular formula is C23H23N7O. The van der Waals surface area contributed by atoms with Crippen molar-refractivity contribution >= 4 is 17.3 Å². The molecule has 0 atom stereocenters. The maximum absolute atomic E-state index is 5.46. The number of benzene rings is 2. The number of ether oxygens (including phenoxy) is 1. The van der Waals surface area contributed by atoms with E-state index in [1.54, 1.807) is 12.5 Å². The minimum Gasteiger partial charge on any atom is -0.378 e. The van der Waals surface area contributed by atoms with Gasteiger partial charge in [0.1, 0.15) is 6.33 Å². The zero-order chi connectivity index (χ0) is 21.0. The van der Waals surface area contributed by atoms with E-state index in [4.69, 9.17) is 9.72 Å². The molecule has 0 unspecified atom stereocenters. The molecule has 1 fully saturated rings. The highest BCUT2D eigenvalue weighted by atomic mass is 16.5. The third-order valence-corrected chi connectivity index (χ3v) is 5.28. The molecule has 1 saturated heterocycles. The number of hydrogen-bond donors (Lipinski definition) is 1. The first-order valence-electron chi connectivity index (χ1n) is 10.2. The Hall–Kier alpha value is -3.78. The van der Waals surface area contributed by atoms with Gasteiger partial charge in [0.15, 0.2) is 5.82 Å². The van der Waals surface area contributed by atoms with Crippen LogP contribution in [0.3, 0.4) is 0 Å². The maximum Gasteiger partial charge on any atom is 0.227 e. The van der Waals surface area contributed by atoms with Crippen molar-refractivity contribution in [3.63, 3.8) is 0 Å². The van der Waals surface area contributed by atoms with Crippen molar-refractivity contribution in [1.29, 1.82) is 0 Å². The molecule has 5 rings (SSSR count). The quantitative estimate of drug-likeness (QED) is 0.536. The van der Waals surface area contributed by atoms with Crippen molar-refractivity contribution in [2.45, 2.75) is 0 Å². The van der Waals surface area contributed by atoms with Crippen LogP contribution in [0, 0.1) is 0 Å². The van der Waals surface area contributed by atoms with Crippen LogP contribution in [-0.4, -0.2) is 51.0 Å². The Labute approximate surface area is 180 Å². The van der Waals surface area contributed by atoms with Gasteiger partial charge >= 0.3 is 0 Å². The van der Waals surface area contributed by atoms with Crippen LogP contribution in [0.1, 0.15) is 0 Å². The molecule has 0 aliphatic carbocycles. The summed E-state index contributed by atoms with van der Waals surface area (Å²) in [6.45, 7) is 3.34. The SMILES string of the molecule is Cn1cnnc1-c1ccc(Nc2nccc(-c3cccc(N4CCOCC4)c3)n2)cc1. The van der Waals surface area contributed by atoms with E-state index < -0.39 is 0 Å². The van der Waals surface area contributed by atoms with E-state index in [0.29, 0.717) is 5.95 Å². The number of aryl methyl sites for hydroxylation is 1. The molecule has 1 aliphatic heterocycles. The molecule has 2 aromatic carbocycles. The summed E-state index contributed by atoms with van der Waals surface area (Å²) in [6, 6.07) is 18.4. The van der Waals surface area contributed by atoms with Gasteiger partial charge in [0.2, 0.25) is 5.95 Å². The lowest BCUT2D eigenvalue weighted by molar-refractivity contribution is 0.122. The van der Waals surface area contributed by atoms with Gasteiger partial charge in [-0.25, -0.2) is 9.97 Å². The summed E-state index contributed by atoms with van der Waals surface area (Å²) in [5, 5.41) is 11.4. The molecule has 0 saturated carbocycles. The van der Waals surface area contributed by atoms with Crippen molar-refractivity contribution in [3.05, 3.63) is 67.1 Å². The average Bonchev–Trinajstić information content (AvgIpc) is 3.26. The molecule has 156 valence electrons. The second-order valence-corrected chi connectivity index (χ2v) is 7.38. The lowest BCUT2D eigenvalue weighted by atomic mass is 10.1. The number of aromatic nitrogens is 5. The van der Waals surface area contributed by atoms with Gasteiger partial charge in [-0.15, -0.1) is 10.2 Å². The van der Waals surface area contributed by atoms with Gasteiger partial charge in [0.25, 0.3) is 0 Å². The van der Waals surface area contributed by atoms with Crippen molar-refractivity contribution in [2.24, 2.45) is 7.05 Å². The van der Waals surface area contributed by atoms with E-state index >= 15 is 0 Å². The Morgan fingerprint density at radius 1 is 0.968 bits per heavy atom. The number of nitrogens with zero attached hydrogens (tertiary/aromatic N) is 6. The van der Waals surface area contributed by atoms with Crippen LogP contribution in [0.25, 0.3) is 22.6 Å². The Bertz CT molecular complexity index is 1170. The topological polar surface area (TPSA) is 81.0 Å². The zero-order valence-corrected chi connectivity index (χ0v) is 17.3. The van der Waals surface area contributed by atoms with Crippen molar-refractivity contribution in [2.75, 3.05) is 36.5 Å². The van der Waals surface area contributed by atoms with Gasteiger partial charge in [-0.05, 0) is 42.5 Å². The Balaban J connectivity index is 1.34. The summed E-state index contributed by atoms with van der Waals surface area (Å²) >= 11 is 0. The molecule has 8 nitrogen and oxygen atoms in total. The molecule has 8 heteroatoms. The van der Waals surface area contributed by atoms with Gasteiger partial charge < -0.3 is 19.5 Å². The molecule has 1 N–H and O–H groups in total. The van der Waals surface area contributed by atoms with Crippen LogP contribution in [-0.2, 0) is 11.8 Å². The van der Waals surface area contributed by atoms with Gasteiger partial charge in [-0.1, -0.05) is 12.1 Å². The van der Waals surface area contributed by atoms with Gasteiger partial charge in [0, 0.05) is 48.8 Å². The van der Waals surface area contributed by atoms with Crippen molar-refractivity contribution in [1.82, 2.24) is 24.7 Å². The van der Waals surface area contributed by atoms with Crippen LogP contribution in [0.2, 0.25) is 0 Å². The summed E-state index contributed by atoms with van der Waals surface area (Å²) in [4.78, 5) is 11.4. The first-order valence-corrected chi connectivity index (χ1v) is 10.2. The molecule has 0 bridgehead atoms. The highest BCUT2D eigenvalue weighted by molar-refractivity contribution is 5.68. The Morgan fingerprint density at radius 3 is 2.58 bits per heavy atom. The van der Waals surface area contributed by atoms with E-state index in [1.165, 1.54) is 5.69 Å². The molecule has 0 spiro atoms. The summed E-state index contributed by atoms with van der Waals surface area (Å²) < 4.78 is 7.35. The molecule has 31 heavy (non-hydrogen) atoms. The number of nitrogens with one attached hydrogen (secondary N) is 1. The van der Waals surface area contributed by atoms with E-state index in [9.17, 15) is 0 Å². The lowest BCUT2D eigenvalue weighted by Gasteiger charge is -2.29. The third kappa shape index (κ3) is 4.24. The lowest BCUT2D eigenvalue weighted by Crippen LogP contribution is -2.36. The molecule has 0 amide bonds. The van der Waals surface area contributed by atoms with Gasteiger partial charge in [-0.2, -0.15) is 0 Å². The number of anilines is 3. The molecule has 0 radical (unpaired) electrons. The summed E-state index contributed by atoms with van der Waals surface area (Å²) in [6.07, 6.45) is 3.47. The highest BCUT2D eigenvalue weighted by Crippen LogP contribution is 2.25. The average molecular weight is 413 g/mol. The van der Waals surface area contributed by atoms with Gasteiger partial charge in [0.05, 0.1) is 18.9 Å².